The van der Waals surface area contributed by atoms with Gasteiger partial charge in [0, 0.05) is 30.1 Å². The fourth-order valence-corrected chi connectivity index (χ4v) is 7.24. The molecule has 5 rings (SSSR count). The number of allylic oxidation sites excluding steroid dienone is 1. The molecule has 0 bridgehead atoms. The van der Waals surface area contributed by atoms with Crippen LogP contribution in [-0.2, 0) is 31.0 Å². The van der Waals surface area contributed by atoms with Gasteiger partial charge in [-0.3, -0.25) is 19.3 Å². The molecule has 0 radical (unpaired) electrons. The maximum absolute atomic E-state index is 15.2. The van der Waals surface area contributed by atoms with Crippen LogP contribution in [0.2, 0.25) is 0 Å². The van der Waals surface area contributed by atoms with Gasteiger partial charge < -0.3 is 25.0 Å². The molecule has 0 unspecified atom stereocenters. The molecule has 2 aliphatic rings. The first kappa shape index (κ1) is 35.2. The number of benzene rings is 3. The predicted molar refractivity (Wildman–Crippen MR) is 189 cm³/mol. The van der Waals surface area contributed by atoms with Crippen LogP contribution in [0.15, 0.2) is 91.5 Å². The summed E-state index contributed by atoms with van der Waals surface area (Å²) in [5.74, 6) is -0.602. The molecule has 10 heteroatoms. The second kappa shape index (κ2) is 13.4. The number of rotatable bonds is 9. The van der Waals surface area contributed by atoms with Gasteiger partial charge in [-0.15, -0.1) is 6.58 Å². The van der Waals surface area contributed by atoms with E-state index in [4.69, 9.17) is 9.47 Å². The number of nitrogens with one attached hydrogen (secondary N) is 2. The molecule has 0 aliphatic carbocycles. The molecule has 2 heterocycles. The lowest BCUT2D eigenvalue weighted by atomic mass is 9.60. The third kappa shape index (κ3) is 6.64. The molecule has 10 nitrogen and oxygen atoms in total. The number of hydrogen-bond donors (Lipinski definition) is 2. The van der Waals surface area contributed by atoms with Crippen molar-refractivity contribution in [1.29, 1.82) is 0 Å². The van der Waals surface area contributed by atoms with E-state index < -0.39 is 52.6 Å². The van der Waals surface area contributed by atoms with Crippen molar-refractivity contribution in [2.45, 2.75) is 83.6 Å². The topological polar surface area (TPSA) is 117 Å². The van der Waals surface area contributed by atoms with Gasteiger partial charge in [0.25, 0.3) is 0 Å². The van der Waals surface area contributed by atoms with Crippen LogP contribution in [0.4, 0.5) is 16.2 Å². The highest BCUT2D eigenvalue weighted by Gasteiger charge is 2.69. The van der Waals surface area contributed by atoms with E-state index in [1.165, 1.54) is 11.8 Å². The lowest BCUT2D eigenvalue weighted by Gasteiger charge is -2.45. The van der Waals surface area contributed by atoms with Gasteiger partial charge in [-0.25, -0.2) is 4.79 Å². The number of amides is 4. The van der Waals surface area contributed by atoms with Crippen LogP contribution < -0.4 is 20.3 Å². The molecule has 1 fully saturated rings. The standard InChI is InChI=1S/C39H46N4O6/c1-9-38(6,7)39-24-32(33(45)40-27-19-21-28(48-8)22-20-27)43(35(39)42(25(2)44)31-18-14-13-17-29(31)39)34(46)30(23-26-15-11-10-12-16-26)41-36(47)49-37(3,4)5/h9-22,30,32,35H,1,23-24H2,2-8H3,(H,40,45)(H,41,47)/t30-,32+,35-,39+/m0/s1. The fourth-order valence-electron chi connectivity index (χ4n) is 7.24. The molecule has 0 saturated carbocycles. The monoisotopic (exact) mass is 666 g/mol. The van der Waals surface area contributed by atoms with Crippen LogP contribution in [0.1, 0.15) is 59.1 Å². The average Bonchev–Trinajstić information content (AvgIpc) is 3.56. The molecular formula is C39H46N4O6. The Morgan fingerprint density at radius 2 is 1.59 bits per heavy atom. The second-order valence-electron chi connectivity index (χ2n) is 14.2. The lowest BCUT2D eigenvalue weighted by molar-refractivity contribution is -0.141. The van der Waals surface area contributed by atoms with Gasteiger partial charge >= 0.3 is 6.09 Å². The SMILES string of the molecule is C=CC(C)(C)[C@@]12C[C@H](C(=O)Nc3ccc(OC)cc3)N(C(=O)[C@H](Cc3ccccc3)NC(=O)OC(C)(C)C)[C@@H]1N(C(C)=O)c1ccccc12. The Bertz CT molecular complexity index is 1730. The number of carbonyl (C=O) groups excluding carboxylic acids is 4. The van der Waals surface area contributed by atoms with Crippen LogP contribution >= 0.6 is 0 Å². The minimum atomic E-state index is -1.13. The third-order valence-electron chi connectivity index (χ3n) is 9.63. The Kier molecular flexibility index (Phi) is 9.63. The van der Waals surface area contributed by atoms with E-state index in [1.54, 1.807) is 57.0 Å². The number of likely N-dealkylation sites (tertiary alicyclic amines) is 1. The van der Waals surface area contributed by atoms with E-state index in [0.29, 0.717) is 17.1 Å². The van der Waals surface area contributed by atoms with Crippen molar-refractivity contribution in [1.82, 2.24) is 10.2 Å². The van der Waals surface area contributed by atoms with Crippen molar-refractivity contribution in [2.75, 3.05) is 17.3 Å². The van der Waals surface area contributed by atoms with E-state index in [2.05, 4.69) is 17.2 Å². The first-order valence-electron chi connectivity index (χ1n) is 16.5. The molecule has 4 amide bonds. The van der Waals surface area contributed by atoms with E-state index in [-0.39, 0.29) is 18.7 Å². The Hall–Kier alpha value is -5.12. The normalized spacial score (nSPS) is 20.5. The summed E-state index contributed by atoms with van der Waals surface area (Å²) in [6.45, 7) is 14.9. The Morgan fingerprint density at radius 3 is 2.18 bits per heavy atom. The number of para-hydroxylation sites is 1. The maximum atomic E-state index is 15.2. The highest BCUT2D eigenvalue weighted by molar-refractivity contribution is 6.03. The zero-order chi connectivity index (χ0) is 35.7. The molecule has 0 aromatic heterocycles. The number of methoxy groups -OCH3 is 1. The quantitative estimate of drug-likeness (QED) is 0.262. The van der Waals surface area contributed by atoms with Gasteiger partial charge in [-0.1, -0.05) is 68.5 Å². The van der Waals surface area contributed by atoms with Crippen molar-refractivity contribution in [2.24, 2.45) is 5.41 Å². The second-order valence-corrected chi connectivity index (χ2v) is 14.2. The molecule has 49 heavy (non-hydrogen) atoms. The van der Waals surface area contributed by atoms with Crippen molar-refractivity contribution >= 4 is 35.2 Å². The molecule has 1 saturated heterocycles. The summed E-state index contributed by atoms with van der Waals surface area (Å²) in [5, 5.41) is 5.80. The van der Waals surface area contributed by atoms with Crippen molar-refractivity contribution in [3.63, 3.8) is 0 Å². The number of nitrogens with zero attached hydrogens (tertiary/aromatic N) is 2. The van der Waals surface area contributed by atoms with E-state index in [0.717, 1.165) is 11.1 Å². The summed E-state index contributed by atoms with van der Waals surface area (Å²) in [5.41, 5.74) is 0.367. The van der Waals surface area contributed by atoms with Crippen LogP contribution in [-0.4, -0.2) is 59.7 Å². The number of carbonyl (C=O) groups is 4. The van der Waals surface area contributed by atoms with E-state index in [1.807, 2.05) is 74.5 Å². The number of alkyl carbamates (subject to hydrolysis) is 1. The van der Waals surface area contributed by atoms with E-state index in [9.17, 15) is 14.4 Å². The minimum absolute atomic E-state index is 0.125. The molecule has 0 spiro atoms. The highest BCUT2D eigenvalue weighted by atomic mass is 16.6. The zero-order valence-corrected chi connectivity index (χ0v) is 29.3. The van der Waals surface area contributed by atoms with Gasteiger partial charge in [0.05, 0.1) is 7.11 Å². The van der Waals surface area contributed by atoms with Gasteiger partial charge in [0.1, 0.15) is 29.6 Å². The van der Waals surface area contributed by atoms with Gasteiger partial charge in [0.2, 0.25) is 17.7 Å². The van der Waals surface area contributed by atoms with Gasteiger partial charge in [0.15, 0.2) is 0 Å². The average molecular weight is 667 g/mol. The fraction of sp³-hybridized carbons (Fsp3) is 0.385. The van der Waals surface area contributed by atoms with Gasteiger partial charge in [-0.05, 0) is 74.1 Å². The Balaban J connectivity index is 1.68. The number of anilines is 2. The first-order chi connectivity index (χ1) is 23.1. The Morgan fingerprint density at radius 1 is 0.959 bits per heavy atom. The summed E-state index contributed by atoms with van der Waals surface area (Å²) in [4.78, 5) is 59.7. The zero-order valence-electron chi connectivity index (χ0n) is 29.3. The minimum Gasteiger partial charge on any atom is -0.497 e. The summed E-state index contributed by atoms with van der Waals surface area (Å²) in [6, 6.07) is 21.7. The molecule has 4 atom stereocenters. The molecule has 3 aromatic carbocycles. The van der Waals surface area contributed by atoms with Crippen LogP contribution in [0.5, 0.6) is 5.75 Å². The maximum Gasteiger partial charge on any atom is 0.408 e. The van der Waals surface area contributed by atoms with Crippen molar-refractivity contribution in [3.05, 3.63) is 103 Å². The number of ether oxygens (including phenoxy) is 2. The van der Waals surface area contributed by atoms with Crippen LogP contribution in [0, 0.1) is 5.41 Å². The smallest absolute Gasteiger partial charge is 0.408 e. The molecular weight excluding hydrogens is 620 g/mol. The largest absolute Gasteiger partial charge is 0.497 e. The number of hydrogen-bond acceptors (Lipinski definition) is 6. The predicted octanol–water partition coefficient (Wildman–Crippen LogP) is 6.21. The van der Waals surface area contributed by atoms with Crippen molar-refractivity contribution in [3.8, 4) is 5.75 Å². The summed E-state index contributed by atoms with van der Waals surface area (Å²) >= 11 is 0. The summed E-state index contributed by atoms with van der Waals surface area (Å²) in [6.07, 6.45) is 0.465. The molecule has 3 aromatic rings. The third-order valence-corrected chi connectivity index (χ3v) is 9.63. The van der Waals surface area contributed by atoms with E-state index >= 15 is 4.79 Å². The van der Waals surface area contributed by atoms with Crippen LogP contribution in [0.3, 0.4) is 0 Å². The van der Waals surface area contributed by atoms with Gasteiger partial charge in [-0.2, -0.15) is 0 Å². The molecule has 2 aliphatic heterocycles. The first-order valence-corrected chi connectivity index (χ1v) is 16.5. The lowest BCUT2D eigenvalue weighted by Crippen LogP contribution is -2.62. The summed E-state index contributed by atoms with van der Waals surface area (Å²) < 4.78 is 10.9. The molecule has 2 N–H and O–H groups in total. The Labute approximate surface area is 288 Å². The highest BCUT2D eigenvalue weighted by Crippen LogP contribution is 2.62. The summed E-state index contributed by atoms with van der Waals surface area (Å²) in [7, 11) is 1.56. The number of fused-ring (bicyclic) bond motifs is 3. The molecule has 258 valence electrons. The van der Waals surface area contributed by atoms with Crippen molar-refractivity contribution < 1.29 is 28.7 Å². The van der Waals surface area contributed by atoms with Crippen LogP contribution in [0.25, 0.3) is 0 Å².